The van der Waals surface area contributed by atoms with Crippen molar-refractivity contribution >= 4 is 16.8 Å². The molecule has 0 saturated carbocycles. The highest BCUT2D eigenvalue weighted by molar-refractivity contribution is 6.06. The van der Waals surface area contributed by atoms with E-state index >= 15 is 0 Å². The Morgan fingerprint density at radius 2 is 2.00 bits per heavy atom. The first-order chi connectivity index (χ1) is 9.09. The van der Waals surface area contributed by atoms with Gasteiger partial charge in [0.1, 0.15) is 0 Å². The lowest BCUT2D eigenvalue weighted by atomic mass is 9.97. The van der Waals surface area contributed by atoms with Gasteiger partial charge in [-0.25, -0.2) is 0 Å². The Labute approximate surface area is 112 Å². The Kier molecular flexibility index (Phi) is 3.90. The largest absolute Gasteiger partial charge is 0.388 e. The van der Waals surface area contributed by atoms with E-state index in [0.717, 1.165) is 10.9 Å². The van der Waals surface area contributed by atoms with Crippen molar-refractivity contribution in [2.24, 2.45) is 0 Å². The van der Waals surface area contributed by atoms with Crippen LogP contribution in [0.2, 0.25) is 0 Å². The maximum absolute atomic E-state index is 12.2. The highest BCUT2D eigenvalue weighted by Crippen LogP contribution is 2.18. The summed E-state index contributed by atoms with van der Waals surface area (Å²) in [5.41, 5.74) is 0.737. The van der Waals surface area contributed by atoms with E-state index in [1.807, 2.05) is 38.1 Å². The van der Waals surface area contributed by atoms with Crippen molar-refractivity contribution in [1.82, 2.24) is 10.3 Å². The molecule has 1 heterocycles. The van der Waals surface area contributed by atoms with Crippen molar-refractivity contribution < 1.29 is 9.90 Å². The van der Waals surface area contributed by atoms with Gasteiger partial charge in [0.05, 0.1) is 11.2 Å². The minimum absolute atomic E-state index is 0.155. The fourth-order valence-electron chi connectivity index (χ4n) is 2.10. The molecular weight excluding hydrogens is 240 g/mol. The van der Waals surface area contributed by atoms with Crippen LogP contribution in [0.25, 0.3) is 10.9 Å². The van der Waals surface area contributed by atoms with Crippen LogP contribution in [0, 0.1) is 0 Å². The zero-order chi connectivity index (χ0) is 13.9. The van der Waals surface area contributed by atoms with E-state index in [1.165, 1.54) is 0 Å². The molecule has 0 fully saturated rings. The van der Waals surface area contributed by atoms with Gasteiger partial charge in [0, 0.05) is 23.6 Å². The fourth-order valence-corrected chi connectivity index (χ4v) is 2.10. The van der Waals surface area contributed by atoms with E-state index in [-0.39, 0.29) is 12.5 Å². The molecule has 4 nitrogen and oxygen atoms in total. The lowest BCUT2D eigenvalue weighted by molar-refractivity contribution is 0.0314. The van der Waals surface area contributed by atoms with E-state index in [2.05, 4.69) is 10.3 Å². The zero-order valence-electron chi connectivity index (χ0n) is 11.4. The molecule has 0 aliphatic heterocycles. The molecule has 3 N–H and O–H groups in total. The number of carbonyl (C=O) groups excluding carboxylic acids is 1. The summed E-state index contributed by atoms with van der Waals surface area (Å²) in [4.78, 5) is 15.2. The molecule has 0 spiro atoms. The summed E-state index contributed by atoms with van der Waals surface area (Å²) in [7, 11) is 0. The van der Waals surface area contributed by atoms with Gasteiger partial charge in [0.25, 0.3) is 5.91 Å². The number of aliphatic hydroxyl groups is 1. The van der Waals surface area contributed by atoms with E-state index in [4.69, 9.17) is 0 Å². The predicted molar refractivity (Wildman–Crippen MR) is 76.2 cm³/mol. The molecule has 1 aromatic heterocycles. The summed E-state index contributed by atoms with van der Waals surface area (Å²) in [6, 6.07) is 7.67. The minimum atomic E-state index is -0.818. The Hall–Kier alpha value is -1.81. The summed E-state index contributed by atoms with van der Waals surface area (Å²) in [6.45, 7) is 4.11. The van der Waals surface area contributed by atoms with Crippen LogP contribution in [0.5, 0.6) is 0 Å². The first-order valence-electron chi connectivity index (χ1n) is 6.66. The standard InChI is InChI=1S/C15H20N2O2/c1-3-15(19,4-2)10-17-14(18)12-9-16-13-8-6-5-7-11(12)13/h5-9,16,19H,3-4,10H2,1-2H3,(H,17,18). The smallest absolute Gasteiger partial charge is 0.253 e. The number of hydrogen-bond donors (Lipinski definition) is 3. The van der Waals surface area contributed by atoms with E-state index in [0.29, 0.717) is 18.4 Å². The summed E-state index contributed by atoms with van der Waals surface area (Å²) < 4.78 is 0. The zero-order valence-corrected chi connectivity index (χ0v) is 11.4. The number of benzene rings is 1. The maximum atomic E-state index is 12.2. The number of rotatable bonds is 5. The van der Waals surface area contributed by atoms with E-state index < -0.39 is 5.60 Å². The molecule has 1 amide bonds. The van der Waals surface area contributed by atoms with Gasteiger partial charge in [-0.15, -0.1) is 0 Å². The summed E-state index contributed by atoms with van der Waals surface area (Å²) in [5.74, 6) is -0.155. The maximum Gasteiger partial charge on any atom is 0.253 e. The lowest BCUT2D eigenvalue weighted by Crippen LogP contribution is -2.42. The number of amides is 1. The molecule has 2 rings (SSSR count). The van der Waals surface area contributed by atoms with E-state index in [1.54, 1.807) is 6.20 Å². The van der Waals surface area contributed by atoms with Crippen molar-refractivity contribution in [1.29, 1.82) is 0 Å². The number of aromatic amines is 1. The van der Waals surface area contributed by atoms with Crippen molar-refractivity contribution in [2.45, 2.75) is 32.3 Å². The van der Waals surface area contributed by atoms with Crippen LogP contribution in [-0.2, 0) is 0 Å². The number of nitrogens with one attached hydrogen (secondary N) is 2. The second kappa shape index (κ2) is 5.45. The lowest BCUT2D eigenvalue weighted by Gasteiger charge is -2.25. The van der Waals surface area contributed by atoms with Gasteiger partial charge in [-0.2, -0.15) is 0 Å². The molecular formula is C15H20N2O2. The summed E-state index contributed by atoms with van der Waals surface area (Å²) >= 11 is 0. The molecule has 4 heteroatoms. The SMILES string of the molecule is CCC(O)(CC)CNC(=O)c1c[nH]c2ccccc12. The second-order valence-corrected chi connectivity index (χ2v) is 4.86. The average molecular weight is 260 g/mol. The Bertz CT molecular complexity index is 570. The molecule has 1 aromatic carbocycles. The van der Waals surface area contributed by atoms with Crippen LogP contribution in [0.1, 0.15) is 37.0 Å². The molecule has 19 heavy (non-hydrogen) atoms. The van der Waals surface area contributed by atoms with Crippen LogP contribution < -0.4 is 5.32 Å². The van der Waals surface area contributed by atoms with Crippen molar-refractivity contribution in [3.05, 3.63) is 36.0 Å². The first-order valence-corrected chi connectivity index (χ1v) is 6.66. The van der Waals surface area contributed by atoms with Crippen molar-refractivity contribution in [3.8, 4) is 0 Å². The number of hydrogen-bond acceptors (Lipinski definition) is 2. The van der Waals surface area contributed by atoms with Gasteiger partial charge in [0.2, 0.25) is 0 Å². The minimum Gasteiger partial charge on any atom is -0.388 e. The molecule has 0 saturated heterocycles. The number of aromatic nitrogens is 1. The number of para-hydroxylation sites is 1. The molecule has 102 valence electrons. The molecule has 2 aromatic rings. The van der Waals surface area contributed by atoms with Gasteiger partial charge in [-0.3, -0.25) is 4.79 Å². The normalized spacial score (nSPS) is 11.7. The third-order valence-electron chi connectivity index (χ3n) is 3.73. The first kappa shape index (κ1) is 13.6. The topological polar surface area (TPSA) is 65.1 Å². The molecule has 0 aliphatic carbocycles. The molecule has 0 bridgehead atoms. The van der Waals surface area contributed by atoms with Gasteiger partial charge in [0.15, 0.2) is 0 Å². The van der Waals surface area contributed by atoms with Crippen molar-refractivity contribution in [2.75, 3.05) is 6.54 Å². The van der Waals surface area contributed by atoms with Crippen LogP contribution >= 0.6 is 0 Å². The molecule has 0 atom stereocenters. The molecule has 0 radical (unpaired) electrons. The average Bonchev–Trinajstić information content (AvgIpc) is 2.88. The highest BCUT2D eigenvalue weighted by atomic mass is 16.3. The summed E-state index contributed by atoms with van der Waals surface area (Å²) in [5, 5.41) is 13.9. The fraction of sp³-hybridized carbons (Fsp3) is 0.400. The Balaban J connectivity index is 2.12. The molecule has 0 aliphatic rings. The van der Waals surface area contributed by atoms with Gasteiger partial charge >= 0.3 is 0 Å². The van der Waals surface area contributed by atoms with Crippen LogP contribution in [-0.4, -0.2) is 28.1 Å². The second-order valence-electron chi connectivity index (χ2n) is 4.86. The third kappa shape index (κ3) is 2.79. The van der Waals surface area contributed by atoms with Crippen LogP contribution in [0.3, 0.4) is 0 Å². The quantitative estimate of drug-likeness (QED) is 0.773. The van der Waals surface area contributed by atoms with Crippen LogP contribution in [0.4, 0.5) is 0 Å². The monoisotopic (exact) mass is 260 g/mol. The van der Waals surface area contributed by atoms with Crippen LogP contribution in [0.15, 0.2) is 30.5 Å². The van der Waals surface area contributed by atoms with Crippen molar-refractivity contribution in [3.63, 3.8) is 0 Å². The Morgan fingerprint density at radius 1 is 1.32 bits per heavy atom. The number of fused-ring (bicyclic) bond motifs is 1. The highest BCUT2D eigenvalue weighted by Gasteiger charge is 2.23. The number of H-pyrrole nitrogens is 1. The molecule has 0 unspecified atom stereocenters. The summed E-state index contributed by atoms with van der Waals surface area (Å²) in [6.07, 6.45) is 2.95. The number of carbonyl (C=O) groups is 1. The predicted octanol–water partition coefficient (Wildman–Crippen LogP) is 2.45. The van der Waals surface area contributed by atoms with Gasteiger partial charge < -0.3 is 15.4 Å². The Morgan fingerprint density at radius 3 is 2.68 bits per heavy atom. The van der Waals surface area contributed by atoms with Gasteiger partial charge in [-0.05, 0) is 18.9 Å². The van der Waals surface area contributed by atoms with E-state index in [9.17, 15) is 9.90 Å². The van der Waals surface area contributed by atoms with Gasteiger partial charge in [-0.1, -0.05) is 32.0 Å². The third-order valence-corrected chi connectivity index (χ3v) is 3.73.